The molecular formula is C26H27ClN4O4S. The standard InChI is InChI=1S/C26H27ClN4O4S/c1-30(2)25(29-36(3,34)35)19-7-10-23(11-8-19)31-16-17(12-24(31)32)15-28-26(33)20-5-4-18-6-9-22(27)14-21(18)13-20/h4-11,13-14,17H,12,15-16H2,1-3H3,(H,28,33)/b29-25+. The Hall–Kier alpha value is -3.43. The van der Waals surface area contributed by atoms with Gasteiger partial charge in [-0.15, -0.1) is 4.40 Å². The predicted octanol–water partition coefficient (Wildman–Crippen LogP) is 3.54. The van der Waals surface area contributed by atoms with E-state index in [1.807, 2.05) is 24.3 Å². The zero-order valence-electron chi connectivity index (χ0n) is 20.2. The molecule has 0 radical (unpaired) electrons. The van der Waals surface area contributed by atoms with Crippen molar-refractivity contribution in [2.45, 2.75) is 6.42 Å². The highest BCUT2D eigenvalue weighted by Gasteiger charge is 2.31. The molecule has 1 aliphatic rings. The van der Waals surface area contributed by atoms with E-state index in [0.29, 0.717) is 47.2 Å². The number of amidine groups is 1. The molecule has 2 amide bonds. The Kier molecular flexibility index (Phi) is 7.33. The monoisotopic (exact) mass is 526 g/mol. The third-order valence-electron chi connectivity index (χ3n) is 5.93. The number of carbonyl (C=O) groups excluding carboxylic acids is 2. The van der Waals surface area contributed by atoms with E-state index in [1.54, 1.807) is 60.3 Å². The fourth-order valence-corrected chi connectivity index (χ4v) is 4.97. The lowest BCUT2D eigenvalue weighted by atomic mass is 10.1. The average molecular weight is 527 g/mol. The maximum absolute atomic E-state index is 12.7. The van der Waals surface area contributed by atoms with Gasteiger partial charge < -0.3 is 15.1 Å². The van der Waals surface area contributed by atoms with Crippen LogP contribution in [0.2, 0.25) is 5.02 Å². The maximum Gasteiger partial charge on any atom is 0.252 e. The van der Waals surface area contributed by atoms with E-state index in [0.717, 1.165) is 17.0 Å². The van der Waals surface area contributed by atoms with Gasteiger partial charge in [-0.2, -0.15) is 0 Å². The number of benzene rings is 3. The maximum atomic E-state index is 12.7. The van der Waals surface area contributed by atoms with Gasteiger partial charge in [0.15, 0.2) is 0 Å². The van der Waals surface area contributed by atoms with E-state index in [-0.39, 0.29) is 17.7 Å². The van der Waals surface area contributed by atoms with Crippen LogP contribution in [0.25, 0.3) is 10.8 Å². The van der Waals surface area contributed by atoms with Crippen molar-refractivity contribution in [3.8, 4) is 0 Å². The minimum absolute atomic E-state index is 0.0276. The number of carbonyl (C=O) groups is 2. The van der Waals surface area contributed by atoms with E-state index in [2.05, 4.69) is 9.71 Å². The summed E-state index contributed by atoms with van der Waals surface area (Å²) in [7, 11) is -0.131. The number of hydrogen-bond donors (Lipinski definition) is 1. The number of anilines is 1. The van der Waals surface area contributed by atoms with Crippen molar-refractivity contribution in [2.75, 3.05) is 38.3 Å². The second kappa shape index (κ2) is 10.3. The first-order valence-corrected chi connectivity index (χ1v) is 13.6. The molecule has 1 unspecified atom stereocenters. The number of hydrogen-bond acceptors (Lipinski definition) is 4. The summed E-state index contributed by atoms with van der Waals surface area (Å²) in [5.41, 5.74) is 1.87. The van der Waals surface area contributed by atoms with Gasteiger partial charge in [0.05, 0.1) is 6.26 Å². The first kappa shape index (κ1) is 25.7. The first-order valence-electron chi connectivity index (χ1n) is 11.4. The Balaban J connectivity index is 1.40. The van der Waals surface area contributed by atoms with Gasteiger partial charge in [0.1, 0.15) is 5.84 Å². The molecule has 0 spiro atoms. The topological polar surface area (TPSA) is 99.2 Å². The third kappa shape index (κ3) is 6.03. The predicted molar refractivity (Wildman–Crippen MR) is 143 cm³/mol. The SMILES string of the molecule is CN(C)/C(=N/S(C)(=O)=O)c1ccc(N2CC(CNC(=O)c3ccc4ccc(Cl)cc4c3)CC2=O)cc1. The Morgan fingerprint density at radius 2 is 1.72 bits per heavy atom. The molecule has 0 aromatic heterocycles. The Morgan fingerprint density at radius 1 is 1.06 bits per heavy atom. The van der Waals surface area contributed by atoms with Crippen LogP contribution < -0.4 is 10.2 Å². The molecule has 1 saturated heterocycles. The highest BCUT2D eigenvalue weighted by Crippen LogP contribution is 2.26. The van der Waals surface area contributed by atoms with Crippen LogP contribution >= 0.6 is 11.6 Å². The Labute approximate surface area is 215 Å². The smallest absolute Gasteiger partial charge is 0.252 e. The summed E-state index contributed by atoms with van der Waals surface area (Å²) in [6.07, 6.45) is 1.37. The lowest BCUT2D eigenvalue weighted by molar-refractivity contribution is -0.117. The Morgan fingerprint density at radius 3 is 2.39 bits per heavy atom. The van der Waals surface area contributed by atoms with Crippen molar-refractivity contribution >= 4 is 55.7 Å². The largest absolute Gasteiger partial charge is 0.362 e. The number of nitrogens with zero attached hydrogens (tertiary/aromatic N) is 3. The summed E-state index contributed by atoms with van der Waals surface area (Å²) in [6.45, 7) is 0.849. The molecule has 1 atom stereocenters. The van der Waals surface area contributed by atoms with Crippen molar-refractivity contribution in [1.82, 2.24) is 10.2 Å². The van der Waals surface area contributed by atoms with Crippen molar-refractivity contribution in [3.05, 3.63) is 76.8 Å². The summed E-state index contributed by atoms with van der Waals surface area (Å²) in [4.78, 5) is 28.7. The van der Waals surface area contributed by atoms with E-state index < -0.39 is 10.0 Å². The lowest BCUT2D eigenvalue weighted by Gasteiger charge is -2.19. The van der Waals surface area contributed by atoms with Crippen LogP contribution in [0.1, 0.15) is 22.3 Å². The van der Waals surface area contributed by atoms with Gasteiger partial charge in [-0.25, -0.2) is 8.42 Å². The summed E-state index contributed by atoms with van der Waals surface area (Å²) < 4.78 is 27.1. The average Bonchev–Trinajstić information content (AvgIpc) is 3.20. The highest BCUT2D eigenvalue weighted by atomic mass is 35.5. The van der Waals surface area contributed by atoms with Crippen molar-refractivity contribution in [3.63, 3.8) is 0 Å². The van der Waals surface area contributed by atoms with Gasteiger partial charge in [0.2, 0.25) is 5.91 Å². The molecular weight excluding hydrogens is 500 g/mol. The quantitative estimate of drug-likeness (QED) is 0.391. The number of rotatable bonds is 6. The van der Waals surface area contributed by atoms with E-state index in [1.165, 1.54) is 0 Å². The highest BCUT2D eigenvalue weighted by molar-refractivity contribution is 7.89. The molecule has 36 heavy (non-hydrogen) atoms. The van der Waals surface area contributed by atoms with Crippen LogP contribution in [0.4, 0.5) is 5.69 Å². The summed E-state index contributed by atoms with van der Waals surface area (Å²) in [5.74, 6) is 0.0574. The first-order chi connectivity index (χ1) is 17.0. The molecule has 4 rings (SSSR count). The third-order valence-corrected chi connectivity index (χ3v) is 6.67. The summed E-state index contributed by atoms with van der Waals surface area (Å²) in [6, 6.07) is 18.0. The fraction of sp³-hybridized carbons (Fsp3) is 0.269. The molecule has 0 aliphatic carbocycles. The molecule has 0 saturated carbocycles. The summed E-state index contributed by atoms with van der Waals surface area (Å²) >= 11 is 6.07. The molecule has 1 heterocycles. The number of amides is 2. The minimum Gasteiger partial charge on any atom is -0.362 e. The van der Waals surface area contributed by atoms with Crippen LogP contribution in [0.5, 0.6) is 0 Å². The molecule has 188 valence electrons. The molecule has 1 N–H and O–H groups in total. The zero-order chi connectivity index (χ0) is 26.0. The van der Waals surface area contributed by atoms with Crippen LogP contribution in [-0.4, -0.2) is 64.4 Å². The Bertz CT molecular complexity index is 1450. The van der Waals surface area contributed by atoms with E-state index in [9.17, 15) is 18.0 Å². The molecule has 1 aliphatic heterocycles. The van der Waals surface area contributed by atoms with Gasteiger partial charge in [-0.1, -0.05) is 23.7 Å². The van der Waals surface area contributed by atoms with Crippen molar-refractivity contribution < 1.29 is 18.0 Å². The molecule has 8 nitrogen and oxygen atoms in total. The summed E-state index contributed by atoms with van der Waals surface area (Å²) in [5, 5.41) is 5.44. The van der Waals surface area contributed by atoms with Gasteiger partial charge >= 0.3 is 0 Å². The van der Waals surface area contributed by atoms with E-state index in [4.69, 9.17) is 11.6 Å². The number of halogens is 1. The second-order valence-corrected chi connectivity index (χ2v) is 11.2. The van der Waals surface area contributed by atoms with Crippen molar-refractivity contribution in [2.24, 2.45) is 10.3 Å². The normalized spacial score (nSPS) is 16.4. The van der Waals surface area contributed by atoms with E-state index >= 15 is 0 Å². The lowest BCUT2D eigenvalue weighted by Crippen LogP contribution is -2.31. The number of fused-ring (bicyclic) bond motifs is 1. The van der Waals surface area contributed by atoms with Crippen molar-refractivity contribution in [1.29, 1.82) is 0 Å². The minimum atomic E-state index is -3.56. The molecule has 1 fully saturated rings. The second-order valence-electron chi connectivity index (χ2n) is 9.08. The molecule has 10 heteroatoms. The number of sulfonamides is 1. The molecule has 3 aromatic rings. The fourth-order valence-electron chi connectivity index (χ4n) is 4.21. The van der Waals surface area contributed by atoms with Crippen LogP contribution in [0.15, 0.2) is 65.1 Å². The van der Waals surface area contributed by atoms with Crippen LogP contribution in [0, 0.1) is 5.92 Å². The van der Waals surface area contributed by atoms with Gasteiger partial charge in [0, 0.05) is 61.4 Å². The molecule has 0 bridgehead atoms. The van der Waals surface area contributed by atoms with Gasteiger partial charge in [0.25, 0.3) is 15.9 Å². The molecule has 3 aromatic carbocycles. The van der Waals surface area contributed by atoms with Gasteiger partial charge in [-0.05, 0) is 59.3 Å². The van der Waals surface area contributed by atoms with Gasteiger partial charge in [-0.3, -0.25) is 9.59 Å². The number of nitrogens with one attached hydrogen (secondary N) is 1. The zero-order valence-corrected chi connectivity index (χ0v) is 21.8. The van der Waals surface area contributed by atoms with Crippen LogP contribution in [0.3, 0.4) is 0 Å². The van der Waals surface area contributed by atoms with Crippen LogP contribution in [-0.2, 0) is 14.8 Å².